The predicted molar refractivity (Wildman–Crippen MR) is 92.3 cm³/mol. The molecule has 0 aliphatic rings. The van der Waals surface area contributed by atoms with Crippen LogP contribution in [0.3, 0.4) is 0 Å². The number of aromatic hydroxyl groups is 1. The van der Waals surface area contributed by atoms with Gasteiger partial charge >= 0.3 is 0 Å². The zero-order valence-corrected chi connectivity index (χ0v) is 13.4. The third-order valence-electron chi connectivity index (χ3n) is 3.12. The quantitative estimate of drug-likeness (QED) is 0.475. The van der Waals surface area contributed by atoms with Gasteiger partial charge in [-0.05, 0) is 53.3 Å². The van der Waals surface area contributed by atoms with Crippen molar-refractivity contribution in [3.63, 3.8) is 0 Å². The number of rotatable bonds is 6. The number of phenols is 1. The topological polar surface area (TPSA) is 69.7 Å². The molecule has 0 amide bonds. The van der Waals surface area contributed by atoms with Crippen LogP contribution < -0.4 is 0 Å². The number of aryl methyl sites for hydroxylation is 1. The Morgan fingerprint density at radius 3 is 2.86 bits per heavy atom. The summed E-state index contributed by atoms with van der Waals surface area (Å²) >= 11 is 1.67. The van der Waals surface area contributed by atoms with Gasteiger partial charge in [-0.15, -0.1) is 21.6 Å². The van der Waals surface area contributed by atoms with E-state index >= 15 is 0 Å². The molecule has 6 heteroatoms. The molecule has 0 aliphatic heterocycles. The molecule has 1 atom stereocenters. The van der Waals surface area contributed by atoms with Gasteiger partial charge in [0.05, 0.1) is 0 Å². The maximum absolute atomic E-state index is 10.3. The van der Waals surface area contributed by atoms with Crippen LogP contribution >= 0.6 is 11.3 Å². The Morgan fingerprint density at radius 1 is 1.41 bits per heavy atom. The first kappa shape index (κ1) is 16.0. The highest BCUT2D eigenvalue weighted by Gasteiger charge is 2.09. The average Bonchev–Trinajstić information content (AvgIpc) is 3.06. The number of nitrogens with zero attached hydrogens (tertiary/aromatic N) is 4. The van der Waals surface area contributed by atoms with E-state index in [4.69, 9.17) is 0 Å². The second-order valence-corrected chi connectivity index (χ2v) is 5.61. The summed E-state index contributed by atoms with van der Waals surface area (Å²) < 4.78 is 0. The molecule has 114 valence electrons. The molecule has 0 spiro atoms. The molecule has 0 radical (unpaired) electrons. The molecule has 2 aromatic rings. The lowest BCUT2D eigenvalue weighted by molar-refractivity contribution is 0.468. The van der Waals surface area contributed by atoms with Gasteiger partial charge < -0.3 is 5.11 Å². The summed E-state index contributed by atoms with van der Waals surface area (Å²) in [7, 11) is 0. The minimum Gasteiger partial charge on any atom is -0.507 e. The standard InChI is InChI=1S/C16H18N4OS/c1-4-12-8-13(15-6-5-7-22-15)9-14(16(12)21)10-18-11(2)19-20-17-3/h5-11,21H,3-4H2,1-2H3/b18-10+,20-19-. The Bertz CT molecular complexity index is 692. The van der Waals surface area contributed by atoms with E-state index < -0.39 is 0 Å². The molecule has 22 heavy (non-hydrogen) atoms. The Hall–Kier alpha value is -2.34. The fourth-order valence-corrected chi connectivity index (χ4v) is 2.72. The van der Waals surface area contributed by atoms with E-state index in [1.54, 1.807) is 24.5 Å². The van der Waals surface area contributed by atoms with Crippen LogP contribution in [-0.2, 0) is 6.42 Å². The Kier molecular flexibility index (Phi) is 5.55. The first-order valence-electron chi connectivity index (χ1n) is 6.94. The maximum Gasteiger partial charge on any atom is 0.159 e. The lowest BCUT2D eigenvalue weighted by atomic mass is 10.0. The minimum absolute atomic E-state index is 0.262. The molecule has 2 rings (SSSR count). The van der Waals surface area contributed by atoms with Crippen molar-refractivity contribution in [2.75, 3.05) is 0 Å². The average molecular weight is 314 g/mol. The molecule has 5 nitrogen and oxygen atoms in total. The van der Waals surface area contributed by atoms with Crippen LogP contribution in [-0.4, -0.2) is 24.2 Å². The van der Waals surface area contributed by atoms with Crippen molar-refractivity contribution in [3.8, 4) is 16.2 Å². The lowest BCUT2D eigenvalue weighted by Gasteiger charge is -2.09. The SMILES string of the molecule is C=N/N=N\C(C)/N=C/c1cc(-c2cccs2)cc(CC)c1O. The minimum atomic E-state index is -0.375. The second kappa shape index (κ2) is 7.61. The summed E-state index contributed by atoms with van der Waals surface area (Å²) in [6, 6.07) is 8.02. The molecule has 1 aromatic carbocycles. The van der Waals surface area contributed by atoms with Gasteiger partial charge in [-0.2, -0.15) is 0 Å². The molecular formula is C16H18N4OS. The maximum atomic E-state index is 10.3. The van der Waals surface area contributed by atoms with Gasteiger partial charge in [-0.1, -0.05) is 13.0 Å². The molecular weight excluding hydrogens is 296 g/mol. The molecule has 0 saturated heterocycles. The van der Waals surface area contributed by atoms with Gasteiger partial charge in [-0.25, -0.2) is 0 Å². The first-order chi connectivity index (χ1) is 10.7. The summed E-state index contributed by atoms with van der Waals surface area (Å²) in [6.07, 6.45) is 2.00. The van der Waals surface area contributed by atoms with Crippen molar-refractivity contribution in [1.82, 2.24) is 0 Å². The van der Waals surface area contributed by atoms with E-state index in [0.717, 1.165) is 22.4 Å². The van der Waals surface area contributed by atoms with E-state index in [0.29, 0.717) is 5.56 Å². The third-order valence-corrected chi connectivity index (χ3v) is 4.04. The molecule has 1 heterocycles. The van der Waals surface area contributed by atoms with Gasteiger partial charge in [0.2, 0.25) is 0 Å². The molecule has 1 unspecified atom stereocenters. The van der Waals surface area contributed by atoms with Crippen molar-refractivity contribution in [2.24, 2.45) is 20.4 Å². The fourth-order valence-electron chi connectivity index (χ4n) is 2.00. The molecule has 1 aromatic heterocycles. The van der Waals surface area contributed by atoms with Gasteiger partial charge in [0.1, 0.15) is 5.75 Å². The molecule has 0 saturated carbocycles. The van der Waals surface area contributed by atoms with Crippen LogP contribution in [0.25, 0.3) is 10.4 Å². The van der Waals surface area contributed by atoms with Crippen molar-refractivity contribution >= 4 is 24.3 Å². The highest BCUT2D eigenvalue weighted by molar-refractivity contribution is 7.13. The molecule has 0 fully saturated rings. The van der Waals surface area contributed by atoms with E-state index in [1.807, 2.05) is 30.5 Å². The largest absolute Gasteiger partial charge is 0.507 e. The number of phenolic OH excluding ortho intramolecular Hbond substituents is 1. The van der Waals surface area contributed by atoms with Gasteiger partial charge in [0, 0.05) is 23.4 Å². The fraction of sp³-hybridized carbons (Fsp3) is 0.250. The molecule has 0 aliphatic carbocycles. The van der Waals surface area contributed by atoms with Crippen molar-refractivity contribution in [3.05, 3.63) is 40.8 Å². The highest BCUT2D eigenvalue weighted by Crippen LogP contribution is 2.32. The number of hydrogen-bond donors (Lipinski definition) is 1. The monoisotopic (exact) mass is 314 g/mol. The Balaban J connectivity index is 2.37. The zero-order chi connectivity index (χ0) is 15.9. The summed E-state index contributed by atoms with van der Waals surface area (Å²) in [6.45, 7) is 7.03. The predicted octanol–water partition coefficient (Wildman–Crippen LogP) is 4.52. The third kappa shape index (κ3) is 3.85. The van der Waals surface area contributed by atoms with Crippen LogP contribution in [0.1, 0.15) is 25.0 Å². The second-order valence-electron chi connectivity index (χ2n) is 4.66. The Morgan fingerprint density at radius 2 is 2.23 bits per heavy atom. The highest BCUT2D eigenvalue weighted by atomic mass is 32.1. The van der Waals surface area contributed by atoms with E-state index in [-0.39, 0.29) is 11.9 Å². The smallest absolute Gasteiger partial charge is 0.159 e. The van der Waals surface area contributed by atoms with Crippen LogP contribution in [0, 0.1) is 0 Å². The summed E-state index contributed by atoms with van der Waals surface area (Å²) in [5, 5.41) is 23.0. The summed E-state index contributed by atoms with van der Waals surface area (Å²) in [5.74, 6) is 0.262. The van der Waals surface area contributed by atoms with Crippen LogP contribution in [0.5, 0.6) is 5.75 Å². The summed E-state index contributed by atoms with van der Waals surface area (Å²) in [4.78, 5) is 5.42. The van der Waals surface area contributed by atoms with Crippen LogP contribution in [0.4, 0.5) is 0 Å². The van der Waals surface area contributed by atoms with Crippen LogP contribution in [0.15, 0.2) is 50.1 Å². The lowest BCUT2D eigenvalue weighted by Crippen LogP contribution is -1.95. The number of benzene rings is 1. The van der Waals surface area contributed by atoms with Crippen molar-refractivity contribution in [2.45, 2.75) is 26.4 Å². The van der Waals surface area contributed by atoms with E-state index in [1.165, 1.54) is 0 Å². The number of thiophene rings is 1. The normalized spacial score (nSPS) is 13.0. The first-order valence-corrected chi connectivity index (χ1v) is 7.82. The zero-order valence-electron chi connectivity index (χ0n) is 12.6. The number of aliphatic imine (C=N–C) groups is 1. The van der Waals surface area contributed by atoms with E-state index in [9.17, 15) is 5.11 Å². The van der Waals surface area contributed by atoms with Gasteiger partial charge in [-0.3, -0.25) is 4.99 Å². The molecule has 0 bridgehead atoms. The number of hydrogen-bond acceptors (Lipinski definition) is 5. The van der Waals surface area contributed by atoms with E-state index in [2.05, 4.69) is 33.2 Å². The molecule has 1 N–H and O–H groups in total. The Labute approximate surface area is 133 Å². The van der Waals surface area contributed by atoms with Gasteiger partial charge in [0.25, 0.3) is 0 Å². The van der Waals surface area contributed by atoms with Crippen molar-refractivity contribution in [1.29, 1.82) is 0 Å². The van der Waals surface area contributed by atoms with Crippen molar-refractivity contribution < 1.29 is 5.11 Å². The van der Waals surface area contributed by atoms with Gasteiger partial charge in [0.15, 0.2) is 6.17 Å². The van der Waals surface area contributed by atoms with Crippen LogP contribution in [0.2, 0.25) is 0 Å². The summed E-state index contributed by atoms with van der Waals surface area (Å²) in [5.41, 5.74) is 2.65.